The van der Waals surface area contributed by atoms with Crippen LogP contribution in [-0.4, -0.2) is 73.9 Å². The molecule has 9 heteroatoms. The molecule has 122 valence electrons. The van der Waals surface area contributed by atoms with Crippen molar-refractivity contribution < 1.29 is 13.2 Å². The second-order valence-electron chi connectivity index (χ2n) is 5.57. The van der Waals surface area contributed by atoms with Crippen molar-refractivity contribution in [2.75, 3.05) is 44.0 Å². The van der Waals surface area contributed by atoms with Crippen LogP contribution in [0.4, 0.5) is 5.95 Å². The predicted octanol–water partition coefficient (Wildman–Crippen LogP) is -0.633. The average molecular weight is 327 g/mol. The number of carbonyl (C=O) groups is 1. The van der Waals surface area contributed by atoms with Crippen LogP contribution in [0.5, 0.6) is 0 Å². The summed E-state index contributed by atoms with van der Waals surface area (Å²) in [6.07, 6.45) is 1.96. The van der Waals surface area contributed by atoms with Crippen LogP contribution in [0.3, 0.4) is 0 Å². The molecule has 1 saturated heterocycles. The van der Waals surface area contributed by atoms with Crippen molar-refractivity contribution in [1.82, 2.24) is 20.2 Å². The second kappa shape index (κ2) is 7.01. The van der Waals surface area contributed by atoms with E-state index in [2.05, 4.69) is 20.6 Å². The molecule has 0 radical (unpaired) electrons. The van der Waals surface area contributed by atoms with E-state index in [1.54, 1.807) is 0 Å². The number of sulfone groups is 1. The van der Waals surface area contributed by atoms with Crippen molar-refractivity contribution in [3.8, 4) is 0 Å². The molecule has 1 aliphatic rings. The van der Waals surface area contributed by atoms with Gasteiger partial charge in [0.15, 0.2) is 9.84 Å². The number of amides is 1. The molecule has 2 N–H and O–H groups in total. The van der Waals surface area contributed by atoms with Crippen LogP contribution in [-0.2, 0) is 9.84 Å². The first-order valence-electron chi connectivity index (χ1n) is 7.09. The van der Waals surface area contributed by atoms with E-state index in [0.717, 1.165) is 6.54 Å². The van der Waals surface area contributed by atoms with E-state index in [1.165, 1.54) is 12.3 Å². The molecule has 0 aromatic carbocycles. The molecule has 0 saturated carbocycles. The highest BCUT2D eigenvalue weighted by molar-refractivity contribution is 7.91. The van der Waals surface area contributed by atoms with Crippen LogP contribution in [0.25, 0.3) is 0 Å². The Morgan fingerprint density at radius 3 is 2.86 bits per heavy atom. The summed E-state index contributed by atoms with van der Waals surface area (Å²) in [5.74, 6) is 0.130. The minimum atomic E-state index is -3.02. The minimum Gasteiger partial charge on any atom is -0.353 e. The molecule has 1 aromatic rings. The number of rotatable bonds is 6. The smallest absolute Gasteiger partial charge is 0.270 e. The fourth-order valence-electron chi connectivity index (χ4n) is 2.13. The lowest BCUT2D eigenvalue weighted by molar-refractivity contribution is 0.0936. The van der Waals surface area contributed by atoms with E-state index in [-0.39, 0.29) is 29.1 Å². The number of nitrogens with one attached hydrogen (secondary N) is 2. The number of hydrogen-bond donors (Lipinski definition) is 2. The highest BCUT2D eigenvalue weighted by Gasteiger charge is 2.29. The van der Waals surface area contributed by atoms with Gasteiger partial charge in [0, 0.05) is 25.3 Å². The first-order chi connectivity index (χ1) is 10.4. The van der Waals surface area contributed by atoms with Crippen molar-refractivity contribution in [2.45, 2.75) is 12.5 Å². The first kappa shape index (κ1) is 16.6. The molecular weight excluding hydrogens is 306 g/mol. The van der Waals surface area contributed by atoms with Gasteiger partial charge in [0.25, 0.3) is 5.91 Å². The quantitative estimate of drug-likeness (QED) is 0.716. The van der Waals surface area contributed by atoms with E-state index in [9.17, 15) is 13.2 Å². The molecule has 1 amide bonds. The molecule has 0 bridgehead atoms. The molecule has 0 aliphatic carbocycles. The zero-order valence-electron chi connectivity index (χ0n) is 12.7. The summed E-state index contributed by atoms with van der Waals surface area (Å²) in [5.41, 5.74) is 0.228. The number of likely N-dealkylation sites (N-methyl/N-ethyl adjacent to an activating group) is 1. The zero-order valence-corrected chi connectivity index (χ0v) is 13.6. The topological polar surface area (TPSA) is 104 Å². The van der Waals surface area contributed by atoms with E-state index in [4.69, 9.17) is 0 Å². The maximum absolute atomic E-state index is 12.1. The normalized spacial score (nSPS) is 20.0. The van der Waals surface area contributed by atoms with Gasteiger partial charge >= 0.3 is 0 Å². The fourth-order valence-corrected chi connectivity index (χ4v) is 3.80. The number of aromatic nitrogens is 2. The van der Waals surface area contributed by atoms with Crippen LogP contribution in [0.15, 0.2) is 12.3 Å². The van der Waals surface area contributed by atoms with Crippen LogP contribution < -0.4 is 10.6 Å². The Labute approximate surface area is 130 Å². The van der Waals surface area contributed by atoms with Gasteiger partial charge in [0.05, 0.1) is 11.5 Å². The zero-order chi connectivity index (χ0) is 16.2. The van der Waals surface area contributed by atoms with E-state index >= 15 is 0 Å². The van der Waals surface area contributed by atoms with Gasteiger partial charge in [0.2, 0.25) is 5.95 Å². The highest BCUT2D eigenvalue weighted by Crippen LogP contribution is 2.12. The summed E-state index contributed by atoms with van der Waals surface area (Å²) >= 11 is 0. The van der Waals surface area contributed by atoms with Crippen molar-refractivity contribution >= 4 is 21.7 Å². The Balaban J connectivity index is 1.92. The van der Waals surface area contributed by atoms with Crippen LogP contribution in [0.2, 0.25) is 0 Å². The summed E-state index contributed by atoms with van der Waals surface area (Å²) < 4.78 is 22.8. The molecule has 1 atom stereocenters. The monoisotopic (exact) mass is 327 g/mol. The highest BCUT2D eigenvalue weighted by atomic mass is 32.2. The third-order valence-electron chi connectivity index (χ3n) is 3.30. The molecule has 1 unspecified atom stereocenters. The average Bonchev–Trinajstić information content (AvgIpc) is 2.78. The SMILES string of the molecule is CN(C)CCNc1nccc(C(=O)NC2CCS(=O)(=O)C2)n1. The molecule has 0 spiro atoms. The molecule has 1 aliphatic heterocycles. The lowest BCUT2D eigenvalue weighted by atomic mass is 10.2. The van der Waals surface area contributed by atoms with Crippen molar-refractivity contribution in [2.24, 2.45) is 0 Å². The van der Waals surface area contributed by atoms with Gasteiger partial charge < -0.3 is 15.5 Å². The van der Waals surface area contributed by atoms with Crippen LogP contribution in [0.1, 0.15) is 16.9 Å². The molecule has 22 heavy (non-hydrogen) atoms. The fraction of sp³-hybridized carbons (Fsp3) is 0.615. The van der Waals surface area contributed by atoms with Crippen molar-refractivity contribution in [1.29, 1.82) is 0 Å². The summed E-state index contributed by atoms with van der Waals surface area (Å²) in [5, 5.41) is 5.75. The molecule has 1 fully saturated rings. The van der Waals surface area contributed by atoms with Gasteiger partial charge in [0.1, 0.15) is 5.69 Å². The number of nitrogens with zero attached hydrogens (tertiary/aromatic N) is 3. The predicted molar refractivity (Wildman–Crippen MR) is 83.6 cm³/mol. The number of carbonyl (C=O) groups excluding carboxylic acids is 1. The molecule has 1 aromatic heterocycles. The summed E-state index contributed by atoms with van der Waals surface area (Å²) in [7, 11) is 0.905. The lowest BCUT2D eigenvalue weighted by Gasteiger charge is -2.12. The summed E-state index contributed by atoms with van der Waals surface area (Å²) in [4.78, 5) is 22.3. The summed E-state index contributed by atoms with van der Waals surface area (Å²) in [6.45, 7) is 1.48. The van der Waals surface area contributed by atoms with Crippen molar-refractivity contribution in [3.63, 3.8) is 0 Å². The van der Waals surface area contributed by atoms with Gasteiger partial charge in [-0.1, -0.05) is 0 Å². The van der Waals surface area contributed by atoms with Crippen LogP contribution in [0, 0.1) is 0 Å². The molecule has 2 heterocycles. The maximum atomic E-state index is 12.1. The van der Waals surface area contributed by atoms with E-state index in [1.807, 2.05) is 19.0 Å². The van der Waals surface area contributed by atoms with E-state index in [0.29, 0.717) is 18.9 Å². The Morgan fingerprint density at radius 1 is 1.45 bits per heavy atom. The Kier molecular flexibility index (Phi) is 5.30. The van der Waals surface area contributed by atoms with Crippen molar-refractivity contribution in [3.05, 3.63) is 18.0 Å². The van der Waals surface area contributed by atoms with Gasteiger partial charge in [-0.25, -0.2) is 18.4 Å². The van der Waals surface area contributed by atoms with Gasteiger partial charge in [-0.3, -0.25) is 4.79 Å². The third-order valence-corrected chi connectivity index (χ3v) is 5.07. The Hall–Kier alpha value is -1.74. The maximum Gasteiger partial charge on any atom is 0.270 e. The van der Waals surface area contributed by atoms with E-state index < -0.39 is 9.84 Å². The first-order valence-corrected chi connectivity index (χ1v) is 8.91. The molecular formula is C13H21N5O3S. The minimum absolute atomic E-state index is 0.00222. The van der Waals surface area contributed by atoms with Gasteiger partial charge in [-0.15, -0.1) is 0 Å². The second-order valence-corrected chi connectivity index (χ2v) is 7.80. The Bertz CT molecular complexity index is 632. The van der Waals surface area contributed by atoms with Gasteiger partial charge in [-0.05, 0) is 26.6 Å². The Morgan fingerprint density at radius 2 is 2.23 bits per heavy atom. The lowest BCUT2D eigenvalue weighted by Crippen LogP contribution is -2.36. The number of hydrogen-bond acceptors (Lipinski definition) is 7. The standard InChI is InChI=1S/C13H21N5O3S/c1-18(2)7-6-15-13-14-5-3-11(17-13)12(19)16-10-4-8-22(20,21)9-10/h3,5,10H,4,6-9H2,1-2H3,(H,16,19)(H,14,15,17). The largest absolute Gasteiger partial charge is 0.353 e. The molecule has 8 nitrogen and oxygen atoms in total. The summed E-state index contributed by atoms with van der Waals surface area (Å²) in [6, 6.07) is 1.17. The third kappa shape index (κ3) is 4.92. The van der Waals surface area contributed by atoms with Crippen LogP contribution >= 0.6 is 0 Å². The van der Waals surface area contributed by atoms with Gasteiger partial charge in [-0.2, -0.15) is 0 Å². The number of anilines is 1. The molecule has 2 rings (SSSR count).